The Balaban J connectivity index is 1.37. The highest BCUT2D eigenvalue weighted by Gasteiger charge is 2.42. The van der Waals surface area contributed by atoms with Crippen molar-refractivity contribution in [3.05, 3.63) is 59.7 Å². The molecule has 4 rings (SSSR count). The third kappa shape index (κ3) is 4.90. The van der Waals surface area contributed by atoms with Crippen molar-refractivity contribution in [3.63, 3.8) is 0 Å². The van der Waals surface area contributed by atoms with Crippen LogP contribution >= 0.6 is 0 Å². The van der Waals surface area contributed by atoms with Crippen LogP contribution in [0.3, 0.4) is 0 Å². The van der Waals surface area contributed by atoms with E-state index in [9.17, 15) is 14.4 Å². The minimum Gasteiger partial charge on any atom is -0.479 e. The fourth-order valence-electron chi connectivity index (χ4n) is 4.44. The first-order chi connectivity index (χ1) is 16.4. The SMILES string of the molecule is CC(ONC(=O)C1(CNC(=O)OCC2c3ccccc3-c3ccccc32)CCCOC1)C(=O)O. The van der Waals surface area contributed by atoms with Crippen molar-refractivity contribution in [1.82, 2.24) is 10.8 Å². The minimum atomic E-state index is -1.21. The van der Waals surface area contributed by atoms with E-state index in [-0.39, 0.29) is 25.7 Å². The standard InChI is InChI=1S/C25H28N2O7/c1-16(22(28)29)34-27-23(30)25(11-6-12-32-15-25)14-26-24(31)33-13-21-19-9-4-2-7-17(19)18-8-3-5-10-20(18)21/h2-5,7-10,16,21H,6,11-15H2,1H3,(H,26,31)(H,27,30)(H,28,29). The number of carboxylic acid groups (broad SMARTS) is 1. The second-order valence-electron chi connectivity index (χ2n) is 8.65. The Bertz CT molecular complexity index is 1020. The Morgan fingerprint density at radius 2 is 1.76 bits per heavy atom. The Morgan fingerprint density at radius 3 is 2.35 bits per heavy atom. The average molecular weight is 469 g/mol. The molecule has 0 saturated carbocycles. The molecule has 0 spiro atoms. The number of ether oxygens (including phenoxy) is 2. The number of hydrogen-bond donors (Lipinski definition) is 3. The molecular weight excluding hydrogens is 440 g/mol. The molecule has 1 fully saturated rings. The summed E-state index contributed by atoms with van der Waals surface area (Å²) in [6, 6.07) is 16.1. The second-order valence-corrected chi connectivity index (χ2v) is 8.65. The van der Waals surface area contributed by atoms with Crippen molar-refractivity contribution in [1.29, 1.82) is 0 Å². The van der Waals surface area contributed by atoms with E-state index in [2.05, 4.69) is 22.9 Å². The summed E-state index contributed by atoms with van der Waals surface area (Å²) in [6.07, 6.45) is -0.776. The van der Waals surface area contributed by atoms with Gasteiger partial charge in [-0.05, 0) is 42.0 Å². The van der Waals surface area contributed by atoms with Gasteiger partial charge in [-0.3, -0.25) is 9.63 Å². The molecule has 0 radical (unpaired) electrons. The normalized spacial score (nSPS) is 20.0. The Labute approximate surface area is 197 Å². The summed E-state index contributed by atoms with van der Waals surface area (Å²) in [5.74, 6) is -1.82. The summed E-state index contributed by atoms with van der Waals surface area (Å²) >= 11 is 0. The number of aliphatic carboxylic acids is 1. The van der Waals surface area contributed by atoms with E-state index in [1.807, 2.05) is 36.4 Å². The molecule has 1 saturated heterocycles. The van der Waals surface area contributed by atoms with Crippen LogP contribution in [0, 0.1) is 5.41 Å². The van der Waals surface area contributed by atoms with Crippen LogP contribution < -0.4 is 10.8 Å². The largest absolute Gasteiger partial charge is 0.479 e. The molecule has 2 aliphatic rings. The van der Waals surface area contributed by atoms with E-state index in [0.29, 0.717) is 19.4 Å². The molecule has 2 unspecified atom stereocenters. The Kier molecular flexibility index (Phi) is 7.14. The number of hydrogen-bond acceptors (Lipinski definition) is 6. The number of benzene rings is 2. The van der Waals surface area contributed by atoms with E-state index in [0.717, 1.165) is 22.3 Å². The monoisotopic (exact) mass is 468 g/mol. The minimum absolute atomic E-state index is 0.0275. The second kappa shape index (κ2) is 10.2. The smallest absolute Gasteiger partial charge is 0.407 e. The van der Waals surface area contributed by atoms with Crippen molar-refractivity contribution in [2.24, 2.45) is 5.41 Å². The predicted octanol–water partition coefficient (Wildman–Crippen LogP) is 2.84. The highest BCUT2D eigenvalue weighted by molar-refractivity contribution is 5.83. The van der Waals surface area contributed by atoms with Crippen molar-refractivity contribution < 1.29 is 33.8 Å². The topological polar surface area (TPSA) is 123 Å². The number of hydroxylamine groups is 1. The summed E-state index contributed by atoms with van der Waals surface area (Å²) in [6.45, 7) is 2.02. The molecule has 9 nitrogen and oxygen atoms in total. The summed E-state index contributed by atoms with van der Waals surface area (Å²) < 4.78 is 11.0. The first-order valence-corrected chi connectivity index (χ1v) is 11.3. The third-order valence-corrected chi connectivity index (χ3v) is 6.39. The zero-order valence-corrected chi connectivity index (χ0v) is 18.9. The maximum absolute atomic E-state index is 12.8. The third-order valence-electron chi connectivity index (χ3n) is 6.39. The molecule has 0 bridgehead atoms. The maximum Gasteiger partial charge on any atom is 0.407 e. The lowest BCUT2D eigenvalue weighted by atomic mass is 9.81. The van der Waals surface area contributed by atoms with Gasteiger partial charge in [0, 0.05) is 19.1 Å². The van der Waals surface area contributed by atoms with Crippen molar-refractivity contribution in [2.75, 3.05) is 26.4 Å². The summed E-state index contributed by atoms with van der Waals surface area (Å²) in [4.78, 5) is 41.2. The number of nitrogens with one attached hydrogen (secondary N) is 2. The molecule has 1 heterocycles. The van der Waals surface area contributed by atoms with Crippen LogP contribution in [-0.4, -0.2) is 55.5 Å². The lowest BCUT2D eigenvalue weighted by Gasteiger charge is -2.35. The Morgan fingerprint density at radius 1 is 1.12 bits per heavy atom. The van der Waals surface area contributed by atoms with Crippen molar-refractivity contribution in [2.45, 2.75) is 31.8 Å². The molecule has 180 valence electrons. The molecule has 1 aliphatic carbocycles. The first-order valence-electron chi connectivity index (χ1n) is 11.3. The highest BCUT2D eigenvalue weighted by atomic mass is 16.7. The summed E-state index contributed by atoms with van der Waals surface area (Å²) in [5.41, 5.74) is 5.62. The molecule has 2 amide bonds. The van der Waals surface area contributed by atoms with Crippen LogP contribution in [0.1, 0.15) is 36.8 Å². The lowest BCUT2D eigenvalue weighted by Crippen LogP contribution is -2.53. The fourth-order valence-corrected chi connectivity index (χ4v) is 4.44. The quantitative estimate of drug-likeness (QED) is 0.509. The molecule has 3 N–H and O–H groups in total. The highest BCUT2D eigenvalue weighted by Crippen LogP contribution is 2.44. The molecule has 9 heteroatoms. The number of carboxylic acids is 1. The summed E-state index contributed by atoms with van der Waals surface area (Å²) in [7, 11) is 0. The van der Waals surface area contributed by atoms with Gasteiger partial charge < -0.3 is 19.9 Å². The molecule has 2 aromatic rings. The van der Waals surface area contributed by atoms with Gasteiger partial charge in [-0.15, -0.1) is 0 Å². The van der Waals surface area contributed by atoms with E-state index in [1.54, 1.807) is 0 Å². The van der Waals surface area contributed by atoms with Gasteiger partial charge in [-0.2, -0.15) is 0 Å². The number of carbonyl (C=O) groups is 3. The van der Waals surface area contributed by atoms with Crippen LogP contribution in [-0.2, 0) is 23.9 Å². The predicted molar refractivity (Wildman–Crippen MR) is 122 cm³/mol. The van der Waals surface area contributed by atoms with Gasteiger partial charge in [0.1, 0.15) is 6.61 Å². The van der Waals surface area contributed by atoms with Crippen LogP contribution in [0.5, 0.6) is 0 Å². The summed E-state index contributed by atoms with van der Waals surface area (Å²) in [5, 5.41) is 11.6. The van der Waals surface area contributed by atoms with Gasteiger partial charge in [0.2, 0.25) is 0 Å². The Hall–Kier alpha value is -3.43. The number of amides is 2. The van der Waals surface area contributed by atoms with Crippen molar-refractivity contribution in [3.8, 4) is 11.1 Å². The molecule has 0 aromatic heterocycles. The van der Waals surface area contributed by atoms with E-state index in [1.165, 1.54) is 6.92 Å². The molecule has 1 aliphatic heterocycles. The zero-order chi connectivity index (χ0) is 24.1. The van der Waals surface area contributed by atoms with Crippen LogP contribution in [0.15, 0.2) is 48.5 Å². The van der Waals surface area contributed by atoms with Gasteiger partial charge >= 0.3 is 12.1 Å². The fraction of sp³-hybridized carbons (Fsp3) is 0.400. The zero-order valence-electron chi connectivity index (χ0n) is 18.9. The van der Waals surface area contributed by atoms with Gasteiger partial charge in [0.15, 0.2) is 6.10 Å². The van der Waals surface area contributed by atoms with Gasteiger partial charge in [0.05, 0.1) is 12.0 Å². The van der Waals surface area contributed by atoms with E-state index in [4.69, 9.17) is 19.4 Å². The average Bonchev–Trinajstić information content (AvgIpc) is 3.18. The van der Waals surface area contributed by atoms with Crippen LogP contribution in [0.4, 0.5) is 4.79 Å². The van der Waals surface area contributed by atoms with Crippen molar-refractivity contribution >= 4 is 18.0 Å². The van der Waals surface area contributed by atoms with Crippen LogP contribution in [0.2, 0.25) is 0 Å². The number of fused-ring (bicyclic) bond motifs is 3. The molecule has 2 aromatic carbocycles. The number of alkyl carbamates (subject to hydrolysis) is 1. The molecule has 34 heavy (non-hydrogen) atoms. The van der Waals surface area contributed by atoms with Gasteiger partial charge in [0.25, 0.3) is 5.91 Å². The first kappa shape index (κ1) is 23.7. The van der Waals surface area contributed by atoms with Gasteiger partial charge in [-0.1, -0.05) is 48.5 Å². The molecule has 2 atom stereocenters. The van der Waals surface area contributed by atoms with Crippen LogP contribution in [0.25, 0.3) is 11.1 Å². The number of rotatable bonds is 8. The number of carbonyl (C=O) groups excluding carboxylic acids is 2. The lowest BCUT2D eigenvalue weighted by molar-refractivity contribution is -0.166. The maximum atomic E-state index is 12.8. The molecular formula is C25H28N2O7. The van der Waals surface area contributed by atoms with E-state index < -0.39 is 29.5 Å². The van der Waals surface area contributed by atoms with Gasteiger partial charge in [-0.25, -0.2) is 15.1 Å². The van der Waals surface area contributed by atoms with E-state index >= 15 is 0 Å².